The number of fused-ring (bicyclic) bond motifs is 1. The lowest BCUT2D eigenvalue weighted by molar-refractivity contribution is -0.432. The Morgan fingerprint density at radius 1 is 0.765 bits per heavy atom. The van der Waals surface area contributed by atoms with Crippen molar-refractivity contribution in [3.8, 4) is 11.5 Å². The molecule has 0 atom stereocenters. The summed E-state index contributed by atoms with van der Waals surface area (Å²) in [5.74, 6) is -4.04. The Balaban J connectivity index is 1.40. The lowest BCUT2D eigenvalue weighted by Gasteiger charge is -2.18. The van der Waals surface area contributed by atoms with Crippen molar-refractivity contribution in [2.24, 2.45) is 10.2 Å². The number of aromatic nitrogens is 3. The Morgan fingerprint density at radius 3 is 2.09 bits per heavy atom. The van der Waals surface area contributed by atoms with E-state index >= 15 is 0 Å². The van der Waals surface area contributed by atoms with E-state index in [1.165, 1.54) is 55.3 Å². The van der Waals surface area contributed by atoms with Gasteiger partial charge in [0.1, 0.15) is 22.0 Å². The SMILES string of the molecule is Cc1ccc(/N=N/c2c(SOOO)cc3cc(S(=O)(=O)O)cc(NC(=O)c4cccc(Nc5nc(Nc6cc(S(=O)(=O)O)ccc6O)nc(N(C)CCS(=O)(=O)O)n5)c4)c3c2O)c(S(=O)(=O)O)c1. The van der Waals surface area contributed by atoms with Gasteiger partial charge in [-0.05, 0) is 84.6 Å². The van der Waals surface area contributed by atoms with E-state index in [0.29, 0.717) is 5.56 Å². The first-order valence-electron chi connectivity index (χ1n) is 18.3. The van der Waals surface area contributed by atoms with Crippen LogP contribution >= 0.6 is 12.0 Å². The predicted octanol–water partition coefficient (Wildman–Crippen LogP) is 5.39. The molecule has 0 saturated heterocycles. The lowest BCUT2D eigenvalue weighted by atomic mass is 10.1. The zero-order chi connectivity index (χ0) is 49.9. The van der Waals surface area contributed by atoms with Crippen LogP contribution < -0.4 is 20.9 Å². The van der Waals surface area contributed by atoms with Gasteiger partial charge in [0.25, 0.3) is 46.4 Å². The standard InChI is InChI=1S/C36H33N9O18S5/c1-18-6-8-24(29(12-18)68(59,60)61)43-44-31-28(64-63-62-49)15-20-14-23(67(56,57)58)17-26(30(20)32(31)47)38-33(48)19-4-3-5-21(13-19)37-34-40-35(42-36(41-34)45(2)10-11-65(50,51)52)39-25-16-22(66(53,54)55)7-9-27(25)46/h3-9,12-17,46-47,49H,10-11H2,1-2H3,(H,38,48)(H,50,51,52)(H,53,54,55)(H,56,57,58)(H,59,60,61)(H2,37,39,40,41,42)/b44-43+. The fourth-order valence-corrected chi connectivity index (χ4v) is 8.65. The monoisotopic (exact) mass is 1040 g/mol. The molecule has 0 saturated carbocycles. The van der Waals surface area contributed by atoms with Crippen LogP contribution in [0, 0.1) is 6.92 Å². The molecule has 5 aromatic carbocycles. The molecular weight excluding hydrogens is 1010 g/mol. The average molecular weight is 1040 g/mol. The number of phenols is 2. The Kier molecular flexibility index (Phi) is 14.8. The Hall–Kier alpha value is -6.69. The summed E-state index contributed by atoms with van der Waals surface area (Å²) in [6.07, 6.45) is 0. The highest BCUT2D eigenvalue weighted by molar-refractivity contribution is 7.94. The van der Waals surface area contributed by atoms with E-state index in [0.717, 1.165) is 42.5 Å². The summed E-state index contributed by atoms with van der Waals surface area (Å²) in [7, 11) is -17.7. The molecule has 0 aliphatic rings. The highest BCUT2D eigenvalue weighted by atomic mass is 32.2. The summed E-state index contributed by atoms with van der Waals surface area (Å²) in [5, 5.41) is 49.7. The van der Waals surface area contributed by atoms with Crippen LogP contribution in [0.2, 0.25) is 0 Å². The smallest absolute Gasteiger partial charge is 0.296 e. The van der Waals surface area contributed by atoms with Crippen LogP contribution in [0.1, 0.15) is 15.9 Å². The van der Waals surface area contributed by atoms with Crippen LogP contribution in [0.15, 0.2) is 109 Å². The first-order valence-corrected chi connectivity index (χ1v) is 25.0. The van der Waals surface area contributed by atoms with Crippen LogP contribution in [0.4, 0.5) is 46.3 Å². The maximum atomic E-state index is 13.9. The van der Waals surface area contributed by atoms with E-state index in [1.807, 2.05) is 0 Å². The minimum Gasteiger partial charge on any atom is -0.506 e. The van der Waals surface area contributed by atoms with Crippen molar-refractivity contribution in [3.05, 3.63) is 90.0 Å². The van der Waals surface area contributed by atoms with Gasteiger partial charge >= 0.3 is 0 Å². The molecule has 6 rings (SSSR count). The summed E-state index contributed by atoms with van der Waals surface area (Å²) < 4.78 is 139. The minimum atomic E-state index is -5.03. The van der Waals surface area contributed by atoms with Crippen LogP contribution in [0.25, 0.3) is 10.8 Å². The molecule has 1 aromatic heterocycles. The van der Waals surface area contributed by atoms with E-state index in [4.69, 9.17) is 5.26 Å². The number of amides is 1. The lowest BCUT2D eigenvalue weighted by Crippen LogP contribution is -2.27. The number of rotatable bonds is 18. The van der Waals surface area contributed by atoms with Gasteiger partial charge < -0.3 is 31.1 Å². The number of phenolic OH excluding ortho intramolecular Hbond substituents is 2. The van der Waals surface area contributed by atoms with E-state index in [2.05, 4.69) is 50.5 Å². The van der Waals surface area contributed by atoms with Gasteiger partial charge in [0, 0.05) is 30.2 Å². The van der Waals surface area contributed by atoms with Crippen molar-refractivity contribution in [2.75, 3.05) is 40.2 Å². The molecule has 10 N–H and O–H groups in total. The summed E-state index contributed by atoms with van der Waals surface area (Å²) in [5.41, 5.74) is -1.36. The number of benzene rings is 5. The molecule has 68 heavy (non-hydrogen) atoms. The van der Waals surface area contributed by atoms with Gasteiger partial charge in [-0.15, -0.1) is 14.6 Å². The number of anilines is 6. The second-order valence-electron chi connectivity index (χ2n) is 13.9. The summed E-state index contributed by atoms with van der Waals surface area (Å²) >= 11 is 0.207. The van der Waals surface area contributed by atoms with Gasteiger partial charge in [-0.1, -0.05) is 17.2 Å². The molecule has 1 heterocycles. The number of nitrogens with one attached hydrogen (secondary N) is 3. The van der Waals surface area contributed by atoms with Gasteiger partial charge in [-0.3, -0.25) is 23.0 Å². The highest BCUT2D eigenvalue weighted by Crippen LogP contribution is 2.47. The quantitative estimate of drug-likeness (QED) is 0.0129. The molecule has 0 aliphatic carbocycles. The molecule has 0 bridgehead atoms. The Morgan fingerprint density at radius 2 is 1.44 bits per heavy atom. The van der Waals surface area contributed by atoms with Gasteiger partial charge in [0.15, 0.2) is 5.75 Å². The van der Waals surface area contributed by atoms with E-state index in [1.54, 1.807) is 0 Å². The minimum absolute atomic E-state index is 0.0767. The second kappa shape index (κ2) is 19.9. The summed E-state index contributed by atoms with van der Waals surface area (Å²) in [6.45, 7) is 1.17. The molecular formula is C36H33N9O18S5. The molecule has 0 radical (unpaired) electrons. The third-order valence-corrected chi connectivity index (χ3v) is 12.9. The number of hydrogen-bond acceptors (Lipinski definition) is 23. The number of aromatic hydroxyl groups is 2. The molecule has 0 aliphatic heterocycles. The van der Waals surface area contributed by atoms with Crippen LogP contribution in [-0.4, -0.2) is 108 Å². The molecule has 0 fully saturated rings. The molecule has 27 nitrogen and oxygen atoms in total. The second-order valence-corrected chi connectivity index (χ2v) is 20.5. The van der Waals surface area contributed by atoms with Gasteiger partial charge in [0.05, 0.1) is 43.9 Å². The fourth-order valence-electron chi connectivity index (χ4n) is 5.89. The Labute approximate surface area is 388 Å². The fraction of sp³-hybridized carbons (Fsp3) is 0.111. The van der Waals surface area contributed by atoms with Crippen molar-refractivity contribution < 1.29 is 81.5 Å². The van der Waals surface area contributed by atoms with Crippen molar-refractivity contribution in [3.63, 3.8) is 0 Å². The molecule has 6 aromatic rings. The maximum Gasteiger partial charge on any atom is 0.296 e. The van der Waals surface area contributed by atoms with Crippen molar-refractivity contribution in [1.82, 2.24) is 15.0 Å². The summed E-state index contributed by atoms with van der Waals surface area (Å²) in [4.78, 5) is 25.4. The number of nitrogens with zero attached hydrogens (tertiary/aromatic N) is 6. The predicted molar refractivity (Wildman–Crippen MR) is 240 cm³/mol. The van der Waals surface area contributed by atoms with Gasteiger partial charge in [-0.2, -0.15) is 48.6 Å². The van der Waals surface area contributed by atoms with Crippen LogP contribution in [0.3, 0.4) is 0 Å². The molecule has 32 heteroatoms. The van der Waals surface area contributed by atoms with Crippen molar-refractivity contribution in [1.29, 1.82) is 0 Å². The van der Waals surface area contributed by atoms with Gasteiger partial charge in [0.2, 0.25) is 17.8 Å². The first kappa shape index (κ1) is 50.7. The van der Waals surface area contributed by atoms with E-state index in [9.17, 15) is 66.9 Å². The third-order valence-electron chi connectivity index (χ3n) is 9.02. The van der Waals surface area contributed by atoms with Crippen molar-refractivity contribution in [2.45, 2.75) is 26.5 Å². The topological polar surface area (TPSA) is 416 Å². The highest BCUT2D eigenvalue weighted by Gasteiger charge is 2.24. The molecule has 360 valence electrons. The van der Waals surface area contributed by atoms with E-state index < -0.39 is 95.4 Å². The van der Waals surface area contributed by atoms with Crippen molar-refractivity contribution >= 4 is 115 Å². The number of carbonyl (C=O) groups is 1. The van der Waals surface area contributed by atoms with Crippen LogP contribution in [-0.2, 0) is 49.8 Å². The van der Waals surface area contributed by atoms with Gasteiger partial charge in [-0.25, -0.2) is 5.26 Å². The molecule has 1 amide bonds. The number of aryl methyl sites for hydroxylation is 1. The largest absolute Gasteiger partial charge is 0.506 e. The zero-order valence-corrected chi connectivity index (χ0v) is 38.3. The number of hydrogen-bond donors (Lipinski definition) is 10. The third kappa shape index (κ3) is 12.6. The first-order chi connectivity index (χ1) is 31.7. The Bertz CT molecular complexity index is 3470. The number of carbonyl (C=O) groups excluding carboxylic acids is 1. The molecule has 0 unspecified atom stereocenters. The number of azo groups is 1. The van der Waals surface area contributed by atoms with E-state index in [-0.39, 0.29) is 69.0 Å². The molecule has 0 spiro atoms. The zero-order valence-electron chi connectivity index (χ0n) is 34.3. The maximum absolute atomic E-state index is 13.9. The average Bonchev–Trinajstić information content (AvgIpc) is 3.24. The summed E-state index contributed by atoms with van der Waals surface area (Å²) in [6, 6.07) is 14.6. The van der Waals surface area contributed by atoms with Crippen LogP contribution in [0.5, 0.6) is 11.5 Å². The normalized spacial score (nSPS) is 12.3.